The molecule has 0 spiro atoms. The molecule has 1 heterocycles. The fraction of sp³-hybridized carbons (Fsp3) is 0.400. The second-order valence-corrected chi connectivity index (χ2v) is 3.08. The first kappa shape index (κ1) is 7.77. The molecular weight excluding hydrogens is 152 g/mol. The predicted molar refractivity (Wildman–Crippen MR) is 45.8 cm³/mol. The average molecular weight is 164 g/mol. The van der Waals surface area contributed by atoms with Crippen molar-refractivity contribution in [3.05, 3.63) is 35.9 Å². The van der Waals surface area contributed by atoms with Gasteiger partial charge in [-0.1, -0.05) is 30.3 Å². The first-order valence-corrected chi connectivity index (χ1v) is 4.21. The van der Waals surface area contributed by atoms with Crippen LogP contribution in [0.25, 0.3) is 0 Å². The molecule has 0 bridgehead atoms. The summed E-state index contributed by atoms with van der Waals surface area (Å²) < 4.78 is 5.42. The number of benzene rings is 1. The zero-order valence-corrected chi connectivity index (χ0v) is 6.81. The molecule has 0 radical (unpaired) electrons. The van der Waals surface area contributed by atoms with Crippen LogP contribution in [0.2, 0.25) is 0 Å². The van der Waals surface area contributed by atoms with Gasteiger partial charge in [0.2, 0.25) is 0 Å². The smallest absolute Gasteiger partial charge is 0.0855 e. The molecule has 2 atom stereocenters. The van der Waals surface area contributed by atoms with Crippen LogP contribution in [0.15, 0.2) is 30.3 Å². The van der Waals surface area contributed by atoms with Crippen molar-refractivity contribution < 1.29 is 9.84 Å². The molecule has 1 saturated heterocycles. The lowest BCUT2D eigenvalue weighted by Crippen LogP contribution is -2.33. The molecule has 2 rings (SSSR count). The van der Waals surface area contributed by atoms with Gasteiger partial charge in [0.05, 0.1) is 18.8 Å². The molecular formula is C10H12O2. The Balaban J connectivity index is 1.97. The molecule has 64 valence electrons. The zero-order chi connectivity index (χ0) is 8.39. The molecule has 0 aromatic heterocycles. The normalized spacial score (nSPS) is 28.1. The van der Waals surface area contributed by atoms with Crippen LogP contribution in [-0.2, 0) is 4.74 Å². The summed E-state index contributed by atoms with van der Waals surface area (Å²) in [5.74, 6) is 0. The number of aliphatic hydroxyl groups is 1. The van der Waals surface area contributed by atoms with Crippen LogP contribution in [0.1, 0.15) is 18.1 Å². The SMILES string of the molecule is OC[C@H]1C[C@@H](c2ccccc2)O1. The Morgan fingerprint density at radius 2 is 2.00 bits per heavy atom. The highest BCUT2D eigenvalue weighted by atomic mass is 16.5. The van der Waals surface area contributed by atoms with Gasteiger partial charge in [0.15, 0.2) is 0 Å². The third kappa shape index (κ3) is 1.36. The third-order valence-electron chi connectivity index (χ3n) is 2.21. The summed E-state index contributed by atoms with van der Waals surface area (Å²) in [7, 11) is 0. The summed E-state index contributed by atoms with van der Waals surface area (Å²) in [5.41, 5.74) is 1.21. The Morgan fingerprint density at radius 1 is 1.33 bits per heavy atom. The maximum atomic E-state index is 8.73. The number of hydrogen-bond donors (Lipinski definition) is 1. The number of rotatable bonds is 2. The predicted octanol–water partition coefficient (Wildman–Crippen LogP) is 1.51. The lowest BCUT2D eigenvalue weighted by molar-refractivity contribution is -0.145. The van der Waals surface area contributed by atoms with Crippen molar-refractivity contribution in [2.75, 3.05) is 6.61 Å². The van der Waals surface area contributed by atoms with E-state index in [9.17, 15) is 0 Å². The van der Waals surface area contributed by atoms with E-state index in [2.05, 4.69) is 12.1 Å². The maximum absolute atomic E-state index is 8.73. The second kappa shape index (κ2) is 3.25. The largest absolute Gasteiger partial charge is 0.394 e. The summed E-state index contributed by atoms with van der Waals surface area (Å²) in [6.45, 7) is 0.142. The first-order chi connectivity index (χ1) is 5.90. The summed E-state index contributed by atoms with van der Waals surface area (Å²) in [5, 5.41) is 8.73. The fourth-order valence-electron chi connectivity index (χ4n) is 1.46. The minimum Gasteiger partial charge on any atom is -0.394 e. The Labute approximate surface area is 71.8 Å². The van der Waals surface area contributed by atoms with Crippen molar-refractivity contribution in [1.29, 1.82) is 0 Å². The molecule has 1 aliphatic heterocycles. The summed E-state index contributed by atoms with van der Waals surface area (Å²) in [6, 6.07) is 10.1. The van der Waals surface area contributed by atoms with E-state index >= 15 is 0 Å². The Bertz CT molecular complexity index is 239. The molecule has 1 aliphatic rings. The van der Waals surface area contributed by atoms with E-state index in [1.54, 1.807) is 0 Å². The first-order valence-electron chi connectivity index (χ1n) is 4.21. The van der Waals surface area contributed by atoms with Gasteiger partial charge in [0, 0.05) is 6.42 Å². The number of ether oxygens (including phenoxy) is 1. The van der Waals surface area contributed by atoms with Crippen LogP contribution < -0.4 is 0 Å². The van der Waals surface area contributed by atoms with Gasteiger partial charge in [0.25, 0.3) is 0 Å². The van der Waals surface area contributed by atoms with Gasteiger partial charge in [-0.25, -0.2) is 0 Å². The summed E-state index contributed by atoms with van der Waals surface area (Å²) in [4.78, 5) is 0. The molecule has 0 amide bonds. The lowest BCUT2D eigenvalue weighted by atomic mass is 9.98. The molecule has 1 N–H and O–H groups in total. The van der Waals surface area contributed by atoms with E-state index in [4.69, 9.17) is 9.84 Å². The van der Waals surface area contributed by atoms with Crippen LogP contribution in [0.4, 0.5) is 0 Å². The van der Waals surface area contributed by atoms with Crippen LogP contribution in [0, 0.1) is 0 Å². The van der Waals surface area contributed by atoms with Gasteiger partial charge >= 0.3 is 0 Å². The fourth-order valence-corrected chi connectivity index (χ4v) is 1.46. The Morgan fingerprint density at radius 3 is 2.58 bits per heavy atom. The highest BCUT2D eigenvalue weighted by Gasteiger charge is 2.30. The van der Waals surface area contributed by atoms with E-state index in [1.165, 1.54) is 5.56 Å². The van der Waals surface area contributed by atoms with E-state index in [-0.39, 0.29) is 18.8 Å². The third-order valence-corrected chi connectivity index (χ3v) is 2.21. The van der Waals surface area contributed by atoms with Crippen LogP contribution in [0.5, 0.6) is 0 Å². The van der Waals surface area contributed by atoms with Gasteiger partial charge < -0.3 is 9.84 Å². The van der Waals surface area contributed by atoms with Crippen molar-refractivity contribution in [1.82, 2.24) is 0 Å². The van der Waals surface area contributed by atoms with Gasteiger partial charge in [0.1, 0.15) is 0 Å². The number of hydrogen-bond acceptors (Lipinski definition) is 2. The highest BCUT2D eigenvalue weighted by Crippen LogP contribution is 2.34. The van der Waals surface area contributed by atoms with Crippen molar-refractivity contribution in [2.45, 2.75) is 18.6 Å². The highest BCUT2D eigenvalue weighted by molar-refractivity contribution is 5.19. The van der Waals surface area contributed by atoms with Gasteiger partial charge in [-0.05, 0) is 5.56 Å². The maximum Gasteiger partial charge on any atom is 0.0855 e. The van der Waals surface area contributed by atoms with Crippen molar-refractivity contribution >= 4 is 0 Å². The van der Waals surface area contributed by atoms with E-state index in [0.717, 1.165) is 6.42 Å². The molecule has 2 nitrogen and oxygen atoms in total. The lowest BCUT2D eigenvalue weighted by Gasteiger charge is -2.35. The minimum atomic E-state index is 0.0650. The molecule has 1 aromatic carbocycles. The average Bonchev–Trinajstić information content (AvgIpc) is 2.04. The monoisotopic (exact) mass is 164 g/mol. The Hall–Kier alpha value is -0.860. The summed E-state index contributed by atoms with van der Waals surface area (Å²) >= 11 is 0. The van der Waals surface area contributed by atoms with Gasteiger partial charge in [-0.2, -0.15) is 0 Å². The van der Waals surface area contributed by atoms with Crippen molar-refractivity contribution in [3.63, 3.8) is 0 Å². The molecule has 12 heavy (non-hydrogen) atoms. The summed E-state index contributed by atoms with van der Waals surface area (Å²) in [6.07, 6.45) is 1.22. The molecule has 0 saturated carbocycles. The van der Waals surface area contributed by atoms with Crippen LogP contribution in [0.3, 0.4) is 0 Å². The van der Waals surface area contributed by atoms with Crippen LogP contribution >= 0.6 is 0 Å². The Kier molecular flexibility index (Phi) is 2.11. The van der Waals surface area contributed by atoms with Crippen molar-refractivity contribution in [3.8, 4) is 0 Å². The van der Waals surface area contributed by atoms with Gasteiger partial charge in [-0.3, -0.25) is 0 Å². The molecule has 2 heteroatoms. The molecule has 0 unspecified atom stereocenters. The standard InChI is InChI=1S/C10H12O2/c11-7-9-6-10(12-9)8-4-2-1-3-5-8/h1-5,9-11H,6-7H2/t9-,10+/m1/s1. The topological polar surface area (TPSA) is 29.5 Å². The molecule has 1 aromatic rings. The number of aliphatic hydroxyl groups excluding tert-OH is 1. The second-order valence-electron chi connectivity index (χ2n) is 3.08. The van der Waals surface area contributed by atoms with Crippen LogP contribution in [-0.4, -0.2) is 17.8 Å². The van der Waals surface area contributed by atoms with Gasteiger partial charge in [-0.15, -0.1) is 0 Å². The van der Waals surface area contributed by atoms with E-state index in [1.807, 2.05) is 18.2 Å². The molecule has 1 fully saturated rings. The van der Waals surface area contributed by atoms with Crippen molar-refractivity contribution in [2.24, 2.45) is 0 Å². The van der Waals surface area contributed by atoms with E-state index < -0.39 is 0 Å². The minimum absolute atomic E-state index is 0.0650. The zero-order valence-electron chi connectivity index (χ0n) is 6.81. The molecule has 0 aliphatic carbocycles. The quantitative estimate of drug-likeness (QED) is 0.718. The van der Waals surface area contributed by atoms with E-state index in [0.29, 0.717) is 0 Å².